The van der Waals surface area contributed by atoms with Gasteiger partial charge in [0.25, 0.3) is 5.91 Å². The minimum Gasteiger partial charge on any atom is -0.478 e. The van der Waals surface area contributed by atoms with Gasteiger partial charge in [-0.25, -0.2) is 9.78 Å². The molecule has 4 rings (SSSR count). The number of carboxylic acids is 1. The minimum atomic E-state index is -0.990. The number of nitrogens with zero attached hydrogens (tertiary/aromatic N) is 4. The van der Waals surface area contributed by atoms with E-state index >= 15 is 0 Å². The maximum Gasteiger partial charge on any atom is 0.337 e. The molecule has 0 spiro atoms. The molecule has 1 amide bonds. The summed E-state index contributed by atoms with van der Waals surface area (Å²) in [6, 6.07) is 7.09. The largest absolute Gasteiger partial charge is 0.478 e. The lowest BCUT2D eigenvalue weighted by atomic mass is 10.2. The Morgan fingerprint density at radius 3 is 2.58 bits per heavy atom. The Kier molecular flexibility index (Phi) is 4.26. The Labute approximate surface area is 153 Å². The molecule has 1 saturated heterocycles. The summed E-state index contributed by atoms with van der Waals surface area (Å²) in [7, 11) is 0. The molecule has 0 aliphatic carbocycles. The van der Waals surface area contributed by atoms with Crippen molar-refractivity contribution in [2.45, 2.75) is 0 Å². The number of thiophene rings is 1. The summed E-state index contributed by atoms with van der Waals surface area (Å²) < 4.78 is 1.01. The van der Waals surface area contributed by atoms with Crippen molar-refractivity contribution in [3.63, 3.8) is 0 Å². The lowest BCUT2D eigenvalue weighted by Gasteiger charge is -2.35. The van der Waals surface area contributed by atoms with Crippen LogP contribution in [0.1, 0.15) is 20.7 Å². The van der Waals surface area contributed by atoms with E-state index in [0.717, 1.165) is 16.0 Å². The van der Waals surface area contributed by atoms with E-state index < -0.39 is 5.97 Å². The molecule has 8 heteroatoms. The first-order valence-corrected chi connectivity index (χ1v) is 9.07. The third kappa shape index (κ3) is 2.99. The van der Waals surface area contributed by atoms with Crippen LogP contribution in [-0.2, 0) is 0 Å². The first kappa shape index (κ1) is 16.5. The highest BCUT2D eigenvalue weighted by Crippen LogP contribution is 2.25. The van der Waals surface area contributed by atoms with Crippen LogP contribution in [0.4, 0.5) is 5.82 Å². The van der Waals surface area contributed by atoms with Crippen molar-refractivity contribution in [2.24, 2.45) is 0 Å². The van der Waals surface area contributed by atoms with Crippen LogP contribution >= 0.6 is 11.3 Å². The quantitative estimate of drug-likeness (QED) is 0.764. The Morgan fingerprint density at radius 1 is 1.08 bits per heavy atom. The number of carboxylic acid groups (broad SMARTS) is 1. The highest BCUT2D eigenvalue weighted by atomic mass is 32.1. The summed E-state index contributed by atoms with van der Waals surface area (Å²) in [6.07, 6.45) is 3.06. The molecule has 0 bridgehead atoms. The van der Waals surface area contributed by atoms with Gasteiger partial charge in [0, 0.05) is 44.0 Å². The normalized spacial score (nSPS) is 14.6. The molecule has 1 aliphatic heterocycles. The van der Waals surface area contributed by atoms with Crippen molar-refractivity contribution in [1.29, 1.82) is 0 Å². The Morgan fingerprint density at radius 2 is 1.88 bits per heavy atom. The number of fused-ring (bicyclic) bond motifs is 1. The van der Waals surface area contributed by atoms with Gasteiger partial charge in [-0.1, -0.05) is 0 Å². The molecule has 0 aromatic carbocycles. The number of amides is 1. The van der Waals surface area contributed by atoms with Gasteiger partial charge in [0.1, 0.15) is 5.82 Å². The molecule has 0 radical (unpaired) electrons. The van der Waals surface area contributed by atoms with Crippen LogP contribution in [0.15, 0.2) is 42.0 Å². The number of carbonyl (C=O) groups excluding carboxylic acids is 1. The maximum absolute atomic E-state index is 12.8. The molecule has 26 heavy (non-hydrogen) atoms. The second-order valence-electron chi connectivity index (χ2n) is 5.99. The lowest BCUT2D eigenvalue weighted by molar-refractivity contribution is 0.0694. The Bertz CT molecular complexity index is 962. The number of pyridine rings is 2. The molecule has 7 nitrogen and oxygen atoms in total. The van der Waals surface area contributed by atoms with Gasteiger partial charge in [0.2, 0.25) is 0 Å². The van der Waals surface area contributed by atoms with Crippen LogP contribution in [0.2, 0.25) is 0 Å². The zero-order valence-corrected chi connectivity index (χ0v) is 14.6. The third-order valence-electron chi connectivity index (χ3n) is 4.45. The molecule has 1 aliphatic rings. The molecular formula is C18H16N4O3S. The summed E-state index contributed by atoms with van der Waals surface area (Å²) in [5, 5.41) is 10.8. The fraction of sp³-hybridized carbons (Fsp3) is 0.222. The first-order valence-electron chi connectivity index (χ1n) is 8.19. The van der Waals surface area contributed by atoms with Gasteiger partial charge in [0.15, 0.2) is 0 Å². The SMILES string of the molecule is O=C(O)c1ccc(N2CCN(C(=O)c3csc4cccnc34)CC2)nc1. The van der Waals surface area contributed by atoms with Crippen LogP contribution in [0.25, 0.3) is 10.2 Å². The molecule has 132 valence electrons. The standard InChI is InChI=1S/C18H16N4O3S/c23-17(13-11-26-14-2-1-5-19-16(13)14)22-8-6-21(7-9-22)15-4-3-12(10-20-15)18(24)25/h1-5,10-11H,6-9H2,(H,24,25). The van der Waals surface area contributed by atoms with Crippen molar-refractivity contribution < 1.29 is 14.7 Å². The zero-order chi connectivity index (χ0) is 18.1. The summed E-state index contributed by atoms with van der Waals surface area (Å²) >= 11 is 1.53. The molecule has 0 saturated carbocycles. The van der Waals surface area contributed by atoms with E-state index in [1.54, 1.807) is 18.3 Å². The number of aromatic carboxylic acids is 1. The molecule has 1 fully saturated rings. The smallest absolute Gasteiger partial charge is 0.337 e. The van der Waals surface area contributed by atoms with Crippen molar-refractivity contribution in [1.82, 2.24) is 14.9 Å². The van der Waals surface area contributed by atoms with Gasteiger partial charge < -0.3 is 14.9 Å². The maximum atomic E-state index is 12.8. The van der Waals surface area contributed by atoms with Gasteiger partial charge in [-0.2, -0.15) is 0 Å². The highest BCUT2D eigenvalue weighted by Gasteiger charge is 2.25. The monoisotopic (exact) mass is 368 g/mol. The van der Waals surface area contributed by atoms with Crippen molar-refractivity contribution >= 4 is 39.2 Å². The van der Waals surface area contributed by atoms with Crippen LogP contribution in [0.5, 0.6) is 0 Å². The van der Waals surface area contributed by atoms with Crippen LogP contribution in [0, 0.1) is 0 Å². The molecule has 1 N–H and O–H groups in total. The van der Waals surface area contributed by atoms with Gasteiger partial charge in [-0.15, -0.1) is 11.3 Å². The predicted molar refractivity (Wildman–Crippen MR) is 98.9 cm³/mol. The van der Waals surface area contributed by atoms with E-state index in [4.69, 9.17) is 5.11 Å². The zero-order valence-electron chi connectivity index (χ0n) is 13.8. The highest BCUT2D eigenvalue weighted by molar-refractivity contribution is 7.17. The summed E-state index contributed by atoms with van der Waals surface area (Å²) in [5.74, 6) is -0.260. The van der Waals surface area contributed by atoms with E-state index in [1.165, 1.54) is 17.5 Å². The summed E-state index contributed by atoms with van der Waals surface area (Å²) in [5.41, 5.74) is 1.58. The minimum absolute atomic E-state index is 0.00350. The fourth-order valence-corrected chi connectivity index (χ4v) is 3.92. The number of anilines is 1. The average Bonchev–Trinajstić information content (AvgIpc) is 3.12. The average molecular weight is 368 g/mol. The van der Waals surface area contributed by atoms with Crippen LogP contribution in [0.3, 0.4) is 0 Å². The lowest BCUT2D eigenvalue weighted by Crippen LogP contribution is -2.49. The molecule has 0 atom stereocenters. The molecular weight excluding hydrogens is 352 g/mol. The van der Waals surface area contributed by atoms with Crippen molar-refractivity contribution in [3.8, 4) is 0 Å². The van der Waals surface area contributed by atoms with Gasteiger partial charge in [0.05, 0.1) is 21.3 Å². The van der Waals surface area contributed by atoms with Crippen molar-refractivity contribution in [2.75, 3.05) is 31.1 Å². The van der Waals surface area contributed by atoms with E-state index in [0.29, 0.717) is 31.7 Å². The number of piperazine rings is 1. The van der Waals surface area contributed by atoms with Gasteiger partial charge in [-0.3, -0.25) is 9.78 Å². The second-order valence-corrected chi connectivity index (χ2v) is 6.90. The van der Waals surface area contributed by atoms with Gasteiger partial charge >= 0.3 is 5.97 Å². The number of hydrogen-bond acceptors (Lipinski definition) is 6. The Hall–Kier alpha value is -3.00. The second kappa shape index (κ2) is 6.72. The topological polar surface area (TPSA) is 86.6 Å². The van der Waals surface area contributed by atoms with E-state index in [9.17, 15) is 9.59 Å². The molecule has 4 heterocycles. The number of rotatable bonds is 3. The van der Waals surface area contributed by atoms with E-state index in [-0.39, 0.29) is 11.5 Å². The Balaban J connectivity index is 1.44. The first-order chi connectivity index (χ1) is 12.6. The predicted octanol–water partition coefficient (Wildman–Crippen LogP) is 2.35. The molecule has 3 aromatic heterocycles. The van der Waals surface area contributed by atoms with Crippen molar-refractivity contribution in [3.05, 3.63) is 53.2 Å². The van der Waals surface area contributed by atoms with Crippen LogP contribution < -0.4 is 4.90 Å². The number of aromatic nitrogens is 2. The number of carbonyl (C=O) groups is 2. The van der Waals surface area contributed by atoms with E-state index in [2.05, 4.69) is 14.9 Å². The third-order valence-corrected chi connectivity index (χ3v) is 5.38. The summed E-state index contributed by atoms with van der Waals surface area (Å²) in [4.78, 5) is 36.2. The molecule has 3 aromatic rings. The van der Waals surface area contributed by atoms with Crippen LogP contribution in [-0.4, -0.2) is 58.0 Å². The fourth-order valence-electron chi connectivity index (χ4n) is 3.03. The molecule has 0 unspecified atom stereocenters. The summed E-state index contributed by atoms with van der Waals surface area (Å²) in [6.45, 7) is 2.48. The van der Waals surface area contributed by atoms with E-state index in [1.807, 2.05) is 22.4 Å². The van der Waals surface area contributed by atoms with Gasteiger partial charge in [-0.05, 0) is 24.3 Å². The number of hydrogen-bond donors (Lipinski definition) is 1.